The Kier molecular flexibility index (Phi) is 7.68. The summed E-state index contributed by atoms with van der Waals surface area (Å²) in [6.45, 7) is 2.18. The minimum atomic E-state index is 0.855. The maximum Gasteiger partial charge on any atom is 0.114 e. The van der Waals surface area contributed by atoms with Gasteiger partial charge in [0.15, 0.2) is 0 Å². The zero-order chi connectivity index (χ0) is 37.2. The van der Waals surface area contributed by atoms with Crippen LogP contribution in [0, 0.1) is 0 Å². The van der Waals surface area contributed by atoms with E-state index in [0.717, 1.165) is 29.0 Å². The lowest BCUT2D eigenvalue weighted by Crippen LogP contribution is -2.00. The second-order valence-electron chi connectivity index (χ2n) is 14.5. The van der Waals surface area contributed by atoms with Crippen molar-refractivity contribution in [1.29, 1.82) is 0 Å². The predicted octanol–water partition coefficient (Wildman–Crippen LogP) is 14.9. The number of benzene rings is 9. The molecule has 0 amide bonds. The van der Waals surface area contributed by atoms with E-state index in [9.17, 15) is 0 Å². The molecule has 56 heavy (non-hydrogen) atoms. The summed E-state index contributed by atoms with van der Waals surface area (Å²) in [7, 11) is 0. The first-order valence-corrected chi connectivity index (χ1v) is 20.2. The Labute approximate surface area is 329 Å². The van der Waals surface area contributed by atoms with Crippen LogP contribution in [0.3, 0.4) is 0 Å². The van der Waals surface area contributed by atoms with Crippen LogP contribution < -0.4 is 0 Å². The van der Waals surface area contributed by atoms with Crippen LogP contribution in [0.1, 0.15) is 12.7 Å². The Morgan fingerprint density at radius 1 is 0.446 bits per heavy atom. The molecule has 2 heterocycles. The molecule has 0 bridgehead atoms. The van der Waals surface area contributed by atoms with Crippen LogP contribution in [-0.4, -0.2) is 9.55 Å². The van der Waals surface area contributed by atoms with Gasteiger partial charge in [0.25, 0.3) is 0 Å². The summed E-state index contributed by atoms with van der Waals surface area (Å²) in [6, 6.07) is 69.0. The smallest absolute Gasteiger partial charge is 0.114 e. The third-order valence-electron chi connectivity index (χ3n) is 11.3. The van der Waals surface area contributed by atoms with Crippen LogP contribution in [0.15, 0.2) is 188 Å². The van der Waals surface area contributed by atoms with Crippen molar-refractivity contribution in [2.45, 2.75) is 13.3 Å². The van der Waals surface area contributed by atoms with Gasteiger partial charge in [-0.15, -0.1) is 11.3 Å². The molecule has 0 saturated heterocycles. The molecule has 0 N–H and O–H groups in total. The van der Waals surface area contributed by atoms with Gasteiger partial charge in [-0.05, 0) is 115 Å². The first-order valence-electron chi connectivity index (χ1n) is 19.4. The molecule has 0 saturated carbocycles. The fourth-order valence-electron chi connectivity index (χ4n) is 8.85. The van der Waals surface area contributed by atoms with Crippen molar-refractivity contribution in [3.8, 4) is 50.2 Å². The molecule has 0 spiro atoms. The standard InChI is InChI=1S/C53H36N2S/c1-2-50-54-46-25-9-10-26-47(46)55(50)39-20-13-18-36(32-39)35-17-12-19-38(31-35)51-40-21-6-7-22-41(40)52(45-33-37(29-30-42(45)51)34-15-4-3-5-16-34)44-24-14-28-49-53(44)43-23-8-11-27-48(43)56-49/h3-33H,2H2,1H3. The highest BCUT2D eigenvalue weighted by Crippen LogP contribution is 2.49. The zero-order valence-corrected chi connectivity index (χ0v) is 31.7. The van der Waals surface area contributed by atoms with Gasteiger partial charge in [-0.2, -0.15) is 0 Å². The van der Waals surface area contributed by atoms with E-state index in [2.05, 4.69) is 200 Å². The summed E-state index contributed by atoms with van der Waals surface area (Å²) in [6.07, 6.45) is 0.855. The predicted molar refractivity (Wildman–Crippen MR) is 240 cm³/mol. The average Bonchev–Trinajstić information content (AvgIpc) is 3.84. The molecule has 11 aromatic rings. The van der Waals surface area contributed by atoms with Crippen LogP contribution in [0.2, 0.25) is 0 Å². The third kappa shape index (κ3) is 5.20. The van der Waals surface area contributed by atoms with Crippen LogP contribution in [0.25, 0.3) is 103 Å². The van der Waals surface area contributed by atoms with Crippen molar-refractivity contribution in [2.75, 3.05) is 0 Å². The molecular weight excluding hydrogens is 697 g/mol. The number of rotatable bonds is 6. The van der Waals surface area contributed by atoms with Gasteiger partial charge in [-0.1, -0.05) is 146 Å². The monoisotopic (exact) mass is 732 g/mol. The van der Waals surface area contributed by atoms with Crippen LogP contribution in [-0.2, 0) is 6.42 Å². The second kappa shape index (κ2) is 13.2. The van der Waals surface area contributed by atoms with E-state index in [0.29, 0.717) is 0 Å². The summed E-state index contributed by atoms with van der Waals surface area (Å²) < 4.78 is 4.94. The topological polar surface area (TPSA) is 17.8 Å². The molecule has 0 atom stereocenters. The fraction of sp³-hybridized carbons (Fsp3) is 0.0377. The van der Waals surface area contributed by atoms with Crippen LogP contribution >= 0.6 is 11.3 Å². The first kappa shape index (κ1) is 32.6. The van der Waals surface area contributed by atoms with Crippen LogP contribution in [0.4, 0.5) is 0 Å². The Morgan fingerprint density at radius 3 is 1.93 bits per heavy atom. The lowest BCUT2D eigenvalue weighted by molar-refractivity contribution is 0.908. The molecule has 2 nitrogen and oxygen atoms in total. The Morgan fingerprint density at radius 2 is 1.07 bits per heavy atom. The van der Waals surface area contributed by atoms with Gasteiger partial charge in [0.05, 0.1) is 11.0 Å². The summed E-state index contributed by atoms with van der Waals surface area (Å²) >= 11 is 1.88. The van der Waals surface area contributed by atoms with Crippen molar-refractivity contribution < 1.29 is 0 Å². The van der Waals surface area contributed by atoms with E-state index < -0.39 is 0 Å². The maximum atomic E-state index is 4.97. The Balaban J connectivity index is 1.16. The van der Waals surface area contributed by atoms with Crippen molar-refractivity contribution in [1.82, 2.24) is 9.55 Å². The minimum absolute atomic E-state index is 0.855. The van der Waals surface area contributed by atoms with Gasteiger partial charge in [0.1, 0.15) is 5.82 Å². The van der Waals surface area contributed by atoms with E-state index >= 15 is 0 Å². The highest BCUT2D eigenvalue weighted by Gasteiger charge is 2.21. The van der Waals surface area contributed by atoms with E-state index in [1.54, 1.807) is 0 Å². The van der Waals surface area contributed by atoms with Crippen molar-refractivity contribution >= 4 is 64.1 Å². The minimum Gasteiger partial charge on any atom is -0.296 e. The molecule has 264 valence electrons. The largest absolute Gasteiger partial charge is 0.296 e. The molecule has 2 aromatic heterocycles. The third-order valence-corrected chi connectivity index (χ3v) is 12.5. The SMILES string of the molecule is CCc1nc2ccccc2n1-c1cccc(-c2cccc(-c3c4ccccc4c(-c4cccc5sc6ccccc6c45)c4cc(-c5ccccc5)ccc34)c2)c1. The van der Waals surface area contributed by atoms with Gasteiger partial charge in [0.2, 0.25) is 0 Å². The number of para-hydroxylation sites is 2. The lowest BCUT2D eigenvalue weighted by Gasteiger charge is -2.20. The number of aryl methyl sites for hydroxylation is 1. The molecule has 0 aliphatic carbocycles. The summed E-state index contributed by atoms with van der Waals surface area (Å²) in [4.78, 5) is 4.97. The molecule has 0 aliphatic heterocycles. The number of thiophene rings is 1. The van der Waals surface area contributed by atoms with E-state index in [1.807, 2.05) is 11.3 Å². The number of hydrogen-bond donors (Lipinski definition) is 0. The molecule has 0 fully saturated rings. The van der Waals surface area contributed by atoms with Gasteiger partial charge in [0, 0.05) is 32.3 Å². The van der Waals surface area contributed by atoms with Crippen LogP contribution in [0.5, 0.6) is 0 Å². The summed E-state index contributed by atoms with van der Waals surface area (Å²) in [5, 5.41) is 7.66. The number of nitrogens with zero attached hydrogens (tertiary/aromatic N) is 2. The Bertz CT molecular complexity index is 3290. The number of imidazole rings is 1. The summed E-state index contributed by atoms with van der Waals surface area (Å²) in [5.74, 6) is 1.07. The van der Waals surface area contributed by atoms with Crippen molar-refractivity contribution in [3.05, 3.63) is 194 Å². The fourth-order valence-corrected chi connectivity index (χ4v) is 9.98. The van der Waals surface area contributed by atoms with E-state index in [-0.39, 0.29) is 0 Å². The molecule has 0 aliphatic rings. The maximum absolute atomic E-state index is 4.97. The molecule has 0 radical (unpaired) electrons. The molecule has 0 unspecified atom stereocenters. The molecule has 11 rings (SSSR count). The van der Waals surface area contributed by atoms with E-state index in [1.165, 1.54) is 86.2 Å². The Hall–Kier alpha value is -6.81. The lowest BCUT2D eigenvalue weighted by atomic mass is 9.83. The molecular formula is C53H36N2S. The highest BCUT2D eigenvalue weighted by molar-refractivity contribution is 7.26. The van der Waals surface area contributed by atoms with Gasteiger partial charge >= 0.3 is 0 Å². The second-order valence-corrected chi connectivity index (χ2v) is 15.6. The van der Waals surface area contributed by atoms with Crippen molar-refractivity contribution in [3.63, 3.8) is 0 Å². The quantitative estimate of drug-likeness (QED) is 0.156. The molecule has 9 aromatic carbocycles. The number of hydrogen-bond acceptors (Lipinski definition) is 2. The first-order chi connectivity index (χ1) is 27.7. The van der Waals surface area contributed by atoms with Gasteiger partial charge < -0.3 is 0 Å². The van der Waals surface area contributed by atoms with Gasteiger partial charge in [-0.3, -0.25) is 4.57 Å². The van der Waals surface area contributed by atoms with Crippen molar-refractivity contribution in [2.24, 2.45) is 0 Å². The van der Waals surface area contributed by atoms with E-state index in [4.69, 9.17) is 4.98 Å². The number of fused-ring (bicyclic) bond motifs is 6. The highest BCUT2D eigenvalue weighted by atomic mass is 32.1. The normalized spacial score (nSPS) is 11.7. The number of aromatic nitrogens is 2. The summed E-state index contributed by atoms with van der Waals surface area (Å²) in [5.41, 5.74) is 13.1. The average molecular weight is 733 g/mol. The molecule has 3 heteroatoms. The van der Waals surface area contributed by atoms with Gasteiger partial charge in [-0.25, -0.2) is 4.98 Å². The zero-order valence-electron chi connectivity index (χ0n) is 30.9.